The van der Waals surface area contributed by atoms with Gasteiger partial charge in [-0.1, -0.05) is 60.7 Å². The van der Waals surface area contributed by atoms with Gasteiger partial charge in [0.25, 0.3) is 0 Å². The highest BCUT2D eigenvalue weighted by Gasteiger charge is 2.28. The molecule has 3 rings (SSSR count). The Labute approximate surface area is 194 Å². The van der Waals surface area contributed by atoms with Gasteiger partial charge in [-0.05, 0) is 38.8 Å². The van der Waals surface area contributed by atoms with Crippen molar-refractivity contribution < 1.29 is 19.1 Å². The average Bonchev–Trinajstić information content (AvgIpc) is 3.09. The third-order valence-electron chi connectivity index (χ3n) is 5.10. The summed E-state index contributed by atoms with van der Waals surface area (Å²) in [5, 5.41) is 2.97. The fourth-order valence-corrected chi connectivity index (χ4v) is 3.58. The van der Waals surface area contributed by atoms with Crippen molar-refractivity contribution >= 4 is 12.1 Å². The van der Waals surface area contributed by atoms with E-state index < -0.39 is 23.7 Å². The number of carbonyl (C=O) groups excluding carboxylic acids is 2. The number of methoxy groups -OCH3 is 1. The van der Waals surface area contributed by atoms with Crippen LogP contribution in [0.2, 0.25) is 0 Å². The topological polar surface area (TPSA) is 82.4 Å². The number of ether oxygens (including phenoxy) is 2. The summed E-state index contributed by atoms with van der Waals surface area (Å²) in [5.74, 6) is 0.0442. The second-order valence-corrected chi connectivity index (χ2v) is 8.86. The molecule has 0 saturated carbocycles. The van der Waals surface area contributed by atoms with Crippen molar-refractivity contribution in [2.24, 2.45) is 0 Å². The average molecular weight is 450 g/mol. The molecule has 0 saturated heterocycles. The number of rotatable bonds is 7. The minimum absolute atomic E-state index is 0.229. The molecule has 3 aromatic rings. The highest BCUT2D eigenvalue weighted by atomic mass is 16.6. The summed E-state index contributed by atoms with van der Waals surface area (Å²) in [4.78, 5) is 29.8. The molecule has 0 aliphatic heterocycles. The first-order chi connectivity index (χ1) is 15.7. The zero-order valence-corrected chi connectivity index (χ0v) is 19.8. The summed E-state index contributed by atoms with van der Waals surface area (Å²) in [6.45, 7) is 7.77. The fourth-order valence-electron chi connectivity index (χ4n) is 3.58. The lowest BCUT2D eigenvalue weighted by molar-refractivity contribution is 0.0500. The van der Waals surface area contributed by atoms with E-state index in [-0.39, 0.29) is 5.69 Å². The fraction of sp³-hybridized carbons (Fsp3) is 0.346. The lowest BCUT2D eigenvalue weighted by Crippen LogP contribution is -2.37. The second kappa shape index (κ2) is 10.3. The number of benzene rings is 2. The smallest absolute Gasteiger partial charge is 0.408 e. The summed E-state index contributed by atoms with van der Waals surface area (Å²) in [6.07, 6.45) is -0.0682. The van der Waals surface area contributed by atoms with E-state index in [1.807, 2.05) is 92.9 Å². The molecular weight excluding hydrogens is 418 g/mol. The maximum absolute atomic E-state index is 12.7. The van der Waals surface area contributed by atoms with Crippen molar-refractivity contribution in [3.63, 3.8) is 0 Å². The molecule has 7 heteroatoms. The molecule has 33 heavy (non-hydrogen) atoms. The van der Waals surface area contributed by atoms with E-state index in [0.717, 1.165) is 11.1 Å². The monoisotopic (exact) mass is 449 g/mol. The van der Waals surface area contributed by atoms with E-state index >= 15 is 0 Å². The Kier molecular flexibility index (Phi) is 7.53. The predicted molar refractivity (Wildman–Crippen MR) is 126 cm³/mol. The minimum Gasteiger partial charge on any atom is -0.464 e. The van der Waals surface area contributed by atoms with Gasteiger partial charge in [-0.2, -0.15) is 0 Å². The van der Waals surface area contributed by atoms with Gasteiger partial charge in [0.1, 0.15) is 11.4 Å². The minimum atomic E-state index is -0.645. The van der Waals surface area contributed by atoms with E-state index in [9.17, 15) is 9.59 Å². The molecule has 2 aromatic carbocycles. The zero-order valence-electron chi connectivity index (χ0n) is 19.8. The van der Waals surface area contributed by atoms with Crippen LogP contribution in [0.1, 0.15) is 59.9 Å². The quantitative estimate of drug-likeness (QED) is 0.522. The summed E-state index contributed by atoms with van der Waals surface area (Å²) in [6, 6.07) is 19.2. The molecule has 0 aliphatic rings. The standard InChI is InChI=1S/C26H31N3O4/c1-18-22(24(30)32-5)28-23(29(18)17-20-14-10-7-11-15-20)21(16-19-12-8-6-9-13-19)27-25(31)33-26(2,3)4/h6-15,21H,16-17H2,1-5H3,(H,27,31). The molecule has 0 spiro atoms. The Balaban J connectivity index is 2.06. The number of hydrogen-bond acceptors (Lipinski definition) is 5. The van der Waals surface area contributed by atoms with Crippen LogP contribution < -0.4 is 5.32 Å². The molecule has 7 nitrogen and oxygen atoms in total. The number of amides is 1. The number of nitrogens with zero attached hydrogens (tertiary/aromatic N) is 2. The number of alkyl carbamates (subject to hydrolysis) is 1. The molecule has 1 heterocycles. The maximum atomic E-state index is 12.7. The van der Waals surface area contributed by atoms with Crippen molar-refractivity contribution in [3.8, 4) is 0 Å². The van der Waals surface area contributed by atoms with Crippen LogP contribution in [0.15, 0.2) is 60.7 Å². The molecule has 174 valence electrons. The van der Waals surface area contributed by atoms with E-state index in [1.165, 1.54) is 7.11 Å². The van der Waals surface area contributed by atoms with Crippen LogP contribution in [0.3, 0.4) is 0 Å². The van der Waals surface area contributed by atoms with Crippen molar-refractivity contribution in [2.75, 3.05) is 7.11 Å². The second-order valence-electron chi connectivity index (χ2n) is 8.86. The van der Waals surface area contributed by atoms with Gasteiger partial charge in [0.15, 0.2) is 5.69 Å². The third kappa shape index (κ3) is 6.44. The van der Waals surface area contributed by atoms with Crippen LogP contribution >= 0.6 is 0 Å². The van der Waals surface area contributed by atoms with Crippen molar-refractivity contribution in [3.05, 3.63) is 89.0 Å². The summed E-state index contributed by atoms with van der Waals surface area (Å²) in [7, 11) is 1.33. The van der Waals surface area contributed by atoms with Crippen molar-refractivity contribution in [2.45, 2.75) is 52.3 Å². The SMILES string of the molecule is COC(=O)c1nc(C(Cc2ccccc2)NC(=O)OC(C)(C)C)n(Cc2ccccc2)c1C. The van der Waals surface area contributed by atoms with Gasteiger partial charge in [0, 0.05) is 18.7 Å². The molecule has 1 unspecified atom stereocenters. The first-order valence-corrected chi connectivity index (χ1v) is 10.9. The predicted octanol–water partition coefficient (Wildman–Crippen LogP) is 4.83. The molecule has 1 N–H and O–H groups in total. The third-order valence-corrected chi connectivity index (χ3v) is 5.10. The number of imidazole rings is 1. The summed E-state index contributed by atoms with van der Waals surface area (Å²) in [5.41, 5.74) is 2.32. The Morgan fingerprint density at radius 2 is 1.58 bits per heavy atom. The normalized spacial score (nSPS) is 12.2. The summed E-state index contributed by atoms with van der Waals surface area (Å²) < 4.78 is 12.4. The highest BCUT2D eigenvalue weighted by molar-refractivity contribution is 5.88. The molecule has 1 aromatic heterocycles. The number of hydrogen-bond donors (Lipinski definition) is 1. The van der Waals surface area contributed by atoms with E-state index in [1.54, 1.807) is 0 Å². The van der Waals surface area contributed by atoms with Crippen molar-refractivity contribution in [1.29, 1.82) is 0 Å². The van der Waals surface area contributed by atoms with Gasteiger partial charge >= 0.3 is 12.1 Å². The van der Waals surface area contributed by atoms with Crippen LogP contribution in [-0.4, -0.2) is 34.3 Å². The van der Waals surface area contributed by atoms with E-state index in [0.29, 0.717) is 24.5 Å². The first kappa shape index (κ1) is 24.0. The maximum Gasteiger partial charge on any atom is 0.408 e. The van der Waals surface area contributed by atoms with Gasteiger partial charge in [-0.25, -0.2) is 14.6 Å². The highest BCUT2D eigenvalue weighted by Crippen LogP contribution is 2.24. The van der Waals surface area contributed by atoms with E-state index in [4.69, 9.17) is 9.47 Å². The Hall–Kier alpha value is -3.61. The Morgan fingerprint density at radius 3 is 2.12 bits per heavy atom. The molecule has 0 fully saturated rings. The lowest BCUT2D eigenvalue weighted by Gasteiger charge is -2.24. The van der Waals surface area contributed by atoms with Gasteiger partial charge in [0.05, 0.1) is 13.2 Å². The number of esters is 1. The molecule has 1 atom stereocenters. The zero-order chi connectivity index (χ0) is 24.0. The number of nitrogens with one attached hydrogen (secondary N) is 1. The number of aromatic nitrogens is 2. The van der Waals surface area contributed by atoms with Crippen LogP contribution in [0.25, 0.3) is 0 Å². The van der Waals surface area contributed by atoms with Crippen LogP contribution in [0.4, 0.5) is 4.79 Å². The molecule has 0 aliphatic carbocycles. The van der Waals surface area contributed by atoms with Crippen molar-refractivity contribution in [1.82, 2.24) is 14.9 Å². The first-order valence-electron chi connectivity index (χ1n) is 10.9. The van der Waals surface area contributed by atoms with Gasteiger partial charge in [-0.3, -0.25) is 0 Å². The van der Waals surface area contributed by atoms with Gasteiger partial charge < -0.3 is 19.4 Å². The Bertz CT molecular complexity index is 1090. The largest absolute Gasteiger partial charge is 0.464 e. The summed E-state index contributed by atoms with van der Waals surface area (Å²) >= 11 is 0. The van der Waals surface area contributed by atoms with Crippen LogP contribution in [0, 0.1) is 6.92 Å². The van der Waals surface area contributed by atoms with Crippen LogP contribution in [0.5, 0.6) is 0 Å². The lowest BCUT2D eigenvalue weighted by atomic mass is 10.1. The molecular formula is C26H31N3O4. The molecule has 1 amide bonds. The molecule has 0 bridgehead atoms. The van der Waals surface area contributed by atoms with Gasteiger partial charge in [0.2, 0.25) is 0 Å². The Morgan fingerprint density at radius 1 is 1.00 bits per heavy atom. The van der Waals surface area contributed by atoms with Gasteiger partial charge in [-0.15, -0.1) is 0 Å². The number of carbonyl (C=O) groups is 2. The molecule has 0 radical (unpaired) electrons. The van der Waals surface area contributed by atoms with Crippen LogP contribution in [-0.2, 0) is 22.4 Å². The van der Waals surface area contributed by atoms with E-state index in [2.05, 4.69) is 10.3 Å².